The molecule has 0 unspecified atom stereocenters. The third-order valence-electron chi connectivity index (χ3n) is 5.90. The number of aromatic amines is 1. The Kier molecular flexibility index (Phi) is 4.23. The summed E-state index contributed by atoms with van der Waals surface area (Å²) in [7, 11) is 0. The number of nitrogens with zero attached hydrogens (tertiary/aromatic N) is 4. The van der Waals surface area contributed by atoms with Crippen molar-refractivity contribution in [2.75, 3.05) is 31.1 Å². The highest BCUT2D eigenvalue weighted by Gasteiger charge is 2.47. The minimum Gasteiger partial charge on any atom is -0.354 e. The summed E-state index contributed by atoms with van der Waals surface area (Å²) in [5, 5.41) is 1.73. The quantitative estimate of drug-likeness (QED) is 0.739. The lowest BCUT2D eigenvalue weighted by molar-refractivity contribution is -0.130. The first kappa shape index (κ1) is 17.5. The molecule has 2 aliphatic rings. The molecule has 0 atom stereocenters. The van der Waals surface area contributed by atoms with E-state index < -0.39 is 0 Å². The normalized spacial score (nSPS) is 18.5. The standard InChI is InChI=1S/C21H22ClN5O/c22-16-3-1-15(2-4-16)11-18(28)26-9-10-27(13-21(12-26)6-7-21)20-17-5-8-23-19(17)24-14-25-20/h1-5,8,14H,6-7,9-13H2,(H,23,24,25). The highest BCUT2D eigenvalue weighted by molar-refractivity contribution is 6.30. The number of halogens is 1. The number of nitrogens with one attached hydrogen (secondary N) is 1. The number of hydrogen-bond acceptors (Lipinski definition) is 4. The Morgan fingerprint density at radius 1 is 1.11 bits per heavy atom. The summed E-state index contributed by atoms with van der Waals surface area (Å²) in [4.78, 5) is 29.4. The first-order valence-electron chi connectivity index (χ1n) is 9.67. The maximum Gasteiger partial charge on any atom is 0.227 e. The zero-order valence-corrected chi connectivity index (χ0v) is 16.3. The van der Waals surface area contributed by atoms with Crippen molar-refractivity contribution in [2.24, 2.45) is 5.41 Å². The SMILES string of the molecule is O=C(Cc1ccc(Cl)cc1)N1CCN(c2ncnc3[nH]ccc23)CC2(CC2)C1. The fraction of sp³-hybridized carbons (Fsp3) is 0.381. The summed E-state index contributed by atoms with van der Waals surface area (Å²) >= 11 is 5.96. The maximum absolute atomic E-state index is 13.0. The molecule has 2 fully saturated rings. The van der Waals surface area contributed by atoms with Crippen LogP contribution in [0.1, 0.15) is 18.4 Å². The molecule has 5 rings (SSSR count). The van der Waals surface area contributed by atoms with Gasteiger partial charge in [0.2, 0.25) is 5.91 Å². The Bertz CT molecular complexity index is 1010. The topological polar surface area (TPSA) is 65.1 Å². The van der Waals surface area contributed by atoms with Crippen molar-refractivity contribution in [1.29, 1.82) is 0 Å². The minimum atomic E-state index is 0.185. The van der Waals surface area contributed by atoms with Crippen molar-refractivity contribution >= 4 is 34.4 Å². The Hall–Kier alpha value is -2.60. The van der Waals surface area contributed by atoms with E-state index in [2.05, 4.69) is 19.9 Å². The number of benzene rings is 1. The van der Waals surface area contributed by atoms with Crippen LogP contribution in [-0.2, 0) is 11.2 Å². The van der Waals surface area contributed by atoms with Crippen LogP contribution in [0.3, 0.4) is 0 Å². The van der Waals surface area contributed by atoms with Crippen molar-refractivity contribution in [3.63, 3.8) is 0 Å². The van der Waals surface area contributed by atoms with Gasteiger partial charge >= 0.3 is 0 Å². The molecular weight excluding hydrogens is 374 g/mol. The summed E-state index contributed by atoms with van der Waals surface area (Å²) in [6.45, 7) is 3.27. The van der Waals surface area contributed by atoms with E-state index >= 15 is 0 Å². The lowest BCUT2D eigenvalue weighted by Gasteiger charge is -2.25. The molecule has 1 aliphatic carbocycles. The number of anilines is 1. The number of carbonyl (C=O) groups excluding carboxylic acids is 1. The molecule has 1 aromatic carbocycles. The highest BCUT2D eigenvalue weighted by atomic mass is 35.5. The molecule has 1 N–H and O–H groups in total. The van der Waals surface area contributed by atoms with Gasteiger partial charge in [-0.3, -0.25) is 4.79 Å². The van der Waals surface area contributed by atoms with Crippen LogP contribution in [0.2, 0.25) is 5.02 Å². The number of hydrogen-bond donors (Lipinski definition) is 1. The van der Waals surface area contributed by atoms with Crippen molar-refractivity contribution in [3.05, 3.63) is 53.4 Å². The lowest BCUT2D eigenvalue weighted by Crippen LogP contribution is -2.37. The molecule has 3 heterocycles. The first-order valence-corrected chi connectivity index (χ1v) is 10.1. The van der Waals surface area contributed by atoms with Gasteiger partial charge in [-0.15, -0.1) is 0 Å². The fourth-order valence-electron chi connectivity index (χ4n) is 4.15. The maximum atomic E-state index is 13.0. The third kappa shape index (κ3) is 3.33. The zero-order valence-electron chi connectivity index (χ0n) is 15.6. The van der Waals surface area contributed by atoms with Gasteiger partial charge in [-0.2, -0.15) is 0 Å². The van der Waals surface area contributed by atoms with E-state index in [1.165, 1.54) is 0 Å². The number of fused-ring (bicyclic) bond motifs is 1. The zero-order chi connectivity index (χ0) is 19.1. The molecule has 2 aromatic heterocycles. The molecule has 1 amide bonds. The van der Waals surface area contributed by atoms with Crippen LogP contribution >= 0.6 is 11.6 Å². The molecule has 7 heteroatoms. The summed E-state index contributed by atoms with van der Waals surface area (Å²) in [5.41, 5.74) is 2.06. The van der Waals surface area contributed by atoms with Gasteiger partial charge in [0.1, 0.15) is 17.8 Å². The predicted molar refractivity (Wildman–Crippen MR) is 110 cm³/mol. The van der Waals surface area contributed by atoms with Gasteiger partial charge < -0.3 is 14.8 Å². The molecular formula is C21H22ClN5O. The van der Waals surface area contributed by atoms with E-state index in [0.29, 0.717) is 18.0 Å². The van der Waals surface area contributed by atoms with Crippen LogP contribution in [-0.4, -0.2) is 51.9 Å². The second kappa shape index (κ2) is 6.78. The van der Waals surface area contributed by atoms with Gasteiger partial charge in [0.25, 0.3) is 0 Å². The van der Waals surface area contributed by atoms with Crippen LogP contribution in [0.25, 0.3) is 11.0 Å². The number of rotatable bonds is 3. The van der Waals surface area contributed by atoms with Gasteiger partial charge in [0, 0.05) is 42.8 Å². The summed E-state index contributed by atoms with van der Waals surface area (Å²) in [6.07, 6.45) is 6.26. The van der Waals surface area contributed by atoms with E-state index in [1.54, 1.807) is 6.33 Å². The van der Waals surface area contributed by atoms with E-state index in [4.69, 9.17) is 11.6 Å². The monoisotopic (exact) mass is 395 g/mol. The Labute approximate surface area is 168 Å². The minimum absolute atomic E-state index is 0.185. The molecule has 1 aliphatic heterocycles. The van der Waals surface area contributed by atoms with E-state index in [1.807, 2.05) is 41.4 Å². The number of aromatic nitrogens is 3. The van der Waals surface area contributed by atoms with E-state index in [9.17, 15) is 4.79 Å². The van der Waals surface area contributed by atoms with Crippen molar-refractivity contribution in [1.82, 2.24) is 19.9 Å². The Morgan fingerprint density at radius 3 is 2.71 bits per heavy atom. The average Bonchev–Trinajstić information content (AvgIpc) is 3.34. The van der Waals surface area contributed by atoms with Gasteiger partial charge in [0.05, 0.1) is 11.8 Å². The lowest BCUT2D eigenvalue weighted by atomic mass is 10.1. The molecule has 28 heavy (non-hydrogen) atoms. The summed E-state index contributed by atoms with van der Waals surface area (Å²) < 4.78 is 0. The van der Waals surface area contributed by atoms with Crippen molar-refractivity contribution < 1.29 is 4.79 Å². The predicted octanol–water partition coefficient (Wildman–Crippen LogP) is 3.28. The second-order valence-corrected chi connectivity index (χ2v) is 8.41. The van der Waals surface area contributed by atoms with Crippen LogP contribution in [0, 0.1) is 5.41 Å². The van der Waals surface area contributed by atoms with Crippen LogP contribution in [0.5, 0.6) is 0 Å². The van der Waals surface area contributed by atoms with Crippen LogP contribution in [0.4, 0.5) is 5.82 Å². The molecule has 1 saturated carbocycles. The smallest absolute Gasteiger partial charge is 0.227 e. The molecule has 1 spiro atoms. The summed E-state index contributed by atoms with van der Waals surface area (Å²) in [6, 6.07) is 9.57. The van der Waals surface area contributed by atoms with E-state index in [0.717, 1.165) is 54.9 Å². The Balaban J connectivity index is 1.36. The second-order valence-electron chi connectivity index (χ2n) is 7.98. The molecule has 6 nitrogen and oxygen atoms in total. The van der Waals surface area contributed by atoms with Gasteiger partial charge in [-0.1, -0.05) is 23.7 Å². The molecule has 3 aromatic rings. The first-order chi connectivity index (χ1) is 13.6. The molecule has 0 radical (unpaired) electrons. The third-order valence-corrected chi connectivity index (χ3v) is 6.16. The molecule has 0 bridgehead atoms. The van der Waals surface area contributed by atoms with Gasteiger partial charge in [-0.25, -0.2) is 9.97 Å². The van der Waals surface area contributed by atoms with E-state index in [-0.39, 0.29) is 11.3 Å². The van der Waals surface area contributed by atoms with Gasteiger partial charge in [0.15, 0.2) is 0 Å². The van der Waals surface area contributed by atoms with Gasteiger partial charge in [-0.05, 0) is 36.6 Å². The molecule has 1 saturated heterocycles. The Morgan fingerprint density at radius 2 is 1.93 bits per heavy atom. The summed E-state index contributed by atoms with van der Waals surface area (Å²) in [5.74, 6) is 1.15. The number of carbonyl (C=O) groups is 1. The highest BCUT2D eigenvalue weighted by Crippen LogP contribution is 2.48. The number of H-pyrrole nitrogens is 1. The van der Waals surface area contributed by atoms with Crippen molar-refractivity contribution in [2.45, 2.75) is 19.3 Å². The number of amides is 1. The van der Waals surface area contributed by atoms with Crippen molar-refractivity contribution in [3.8, 4) is 0 Å². The van der Waals surface area contributed by atoms with Crippen LogP contribution in [0.15, 0.2) is 42.9 Å². The average molecular weight is 396 g/mol. The fourth-order valence-corrected chi connectivity index (χ4v) is 4.27. The van der Waals surface area contributed by atoms with Crippen LogP contribution < -0.4 is 4.90 Å². The molecule has 144 valence electrons. The largest absolute Gasteiger partial charge is 0.354 e.